The highest BCUT2D eigenvalue weighted by Gasteiger charge is 2.19. The van der Waals surface area contributed by atoms with Crippen molar-refractivity contribution in [3.05, 3.63) is 98.9 Å². The second-order valence-corrected chi connectivity index (χ2v) is 6.13. The SMILES string of the molecule is O=C(Nc1cccc(-c2nc3ccccc3c(=O)o2)c1)c1ccccc1[N+](=O)[O-]. The van der Waals surface area contributed by atoms with E-state index < -0.39 is 16.5 Å². The minimum Gasteiger partial charge on any atom is -0.403 e. The minimum atomic E-state index is -0.623. The Bertz CT molecular complexity index is 1310. The Labute approximate surface area is 163 Å². The molecule has 29 heavy (non-hydrogen) atoms. The number of fused-ring (bicyclic) bond motifs is 1. The lowest BCUT2D eigenvalue weighted by molar-refractivity contribution is -0.385. The van der Waals surface area contributed by atoms with Gasteiger partial charge in [-0.15, -0.1) is 0 Å². The fourth-order valence-electron chi connectivity index (χ4n) is 2.90. The first-order valence-corrected chi connectivity index (χ1v) is 8.58. The summed E-state index contributed by atoms with van der Waals surface area (Å²) in [5, 5.41) is 14.1. The first kappa shape index (κ1) is 18.1. The first-order chi connectivity index (χ1) is 14.0. The zero-order chi connectivity index (χ0) is 20.4. The van der Waals surface area contributed by atoms with Crippen molar-refractivity contribution < 1.29 is 14.1 Å². The largest absolute Gasteiger partial charge is 0.403 e. The smallest absolute Gasteiger partial charge is 0.347 e. The summed E-state index contributed by atoms with van der Waals surface area (Å²) in [4.78, 5) is 39.6. The van der Waals surface area contributed by atoms with Gasteiger partial charge >= 0.3 is 5.63 Å². The van der Waals surface area contributed by atoms with Gasteiger partial charge in [0.1, 0.15) is 5.56 Å². The third-order valence-electron chi connectivity index (χ3n) is 4.25. The third kappa shape index (κ3) is 3.59. The average Bonchev–Trinajstić information content (AvgIpc) is 2.74. The van der Waals surface area contributed by atoms with Crippen molar-refractivity contribution in [3.63, 3.8) is 0 Å². The highest BCUT2D eigenvalue weighted by Crippen LogP contribution is 2.24. The topological polar surface area (TPSA) is 115 Å². The molecule has 1 N–H and O–H groups in total. The molecule has 0 atom stereocenters. The predicted octanol–water partition coefficient (Wildman–Crippen LogP) is 4.02. The fourth-order valence-corrected chi connectivity index (χ4v) is 2.90. The molecule has 4 aromatic rings. The van der Waals surface area contributed by atoms with Crippen LogP contribution in [0.2, 0.25) is 0 Å². The highest BCUT2D eigenvalue weighted by molar-refractivity contribution is 6.07. The Kier molecular flexibility index (Phi) is 4.58. The maximum Gasteiger partial charge on any atom is 0.347 e. The molecule has 0 saturated heterocycles. The molecule has 0 aliphatic heterocycles. The molecule has 0 spiro atoms. The van der Waals surface area contributed by atoms with Gasteiger partial charge in [0.25, 0.3) is 11.6 Å². The van der Waals surface area contributed by atoms with Crippen LogP contribution < -0.4 is 10.9 Å². The van der Waals surface area contributed by atoms with E-state index in [1.807, 2.05) is 0 Å². The lowest BCUT2D eigenvalue weighted by Gasteiger charge is -2.07. The molecule has 0 fully saturated rings. The van der Waals surface area contributed by atoms with E-state index in [4.69, 9.17) is 4.42 Å². The number of amides is 1. The summed E-state index contributed by atoms with van der Waals surface area (Å²) in [6.45, 7) is 0. The number of nitro groups is 1. The second kappa shape index (κ2) is 7.35. The molecule has 1 amide bonds. The summed E-state index contributed by atoms with van der Waals surface area (Å²) in [6.07, 6.45) is 0. The van der Waals surface area contributed by atoms with E-state index in [2.05, 4.69) is 10.3 Å². The predicted molar refractivity (Wildman–Crippen MR) is 107 cm³/mol. The molecule has 8 nitrogen and oxygen atoms in total. The Morgan fingerprint density at radius 2 is 1.76 bits per heavy atom. The number of para-hydroxylation sites is 2. The number of nitrogens with zero attached hydrogens (tertiary/aromatic N) is 2. The zero-order valence-corrected chi connectivity index (χ0v) is 14.9. The lowest BCUT2D eigenvalue weighted by Crippen LogP contribution is -2.13. The van der Waals surface area contributed by atoms with E-state index in [1.165, 1.54) is 18.2 Å². The van der Waals surface area contributed by atoms with Crippen molar-refractivity contribution in [2.75, 3.05) is 5.32 Å². The average molecular weight is 387 g/mol. The van der Waals surface area contributed by atoms with Crippen LogP contribution >= 0.6 is 0 Å². The molecule has 142 valence electrons. The minimum absolute atomic E-state index is 0.0572. The summed E-state index contributed by atoms with van der Waals surface area (Å²) in [5.41, 5.74) is 0.492. The van der Waals surface area contributed by atoms with Crippen LogP contribution in [0.25, 0.3) is 22.4 Å². The number of rotatable bonds is 4. The maximum atomic E-state index is 12.5. The van der Waals surface area contributed by atoms with Gasteiger partial charge in [-0.05, 0) is 36.4 Å². The molecular formula is C21H13N3O5. The summed E-state index contributed by atoms with van der Waals surface area (Å²) in [6, 6.07) is 19.0. The number of hydrogen-bond donors (Lipinski definition) is 1. The van der Waals surface area contributed by atoms with Crippen LogP contribution in [0.3, 0.4) is 0 Å². The lowest BCUT2D eigenvalue weighted by atomic mass is 10.1. The van der Waals surface area contributed by atoms with Gasteiger partial charge in [-0.25, -0.2) is 9.78 Å². The zero-order valence-electron chi connectivity index (χ0n) is 14.9. The monoisotopic (exact) mass is 387 g/mol. The Hall–Kier alpha value is -4.33. The van der Waals surface area contributed by atoms with Gasteiger partial charge in [0.15, 0.2) is 0 Å². The second-order valence-electron chi connectivity index (χ2n) is 6.13. The van der Waals surface area contributed by atoms with Crippen LogP contribution in [-0.4, -0.2) is 15.8 Å². The van der Waals surface area contributed by atoms with Crippen LogP contribution in [-0.2, 0) is 0 Å². The number of hydrogen-bond acceptors (Lipinski definition) is 6. The number of nitro benzene ring substituents is 1. The normalized spacial score (nSPS) is 10.6. The van der Waals surface area contributed by atoms with E-state index >= 15 is 0 Å². The van der Waals surface area contributed by atoms with Gasteiger partial charge in [-0.3, -0.25) is 14.9 Å². The van der Waals surface area contributed by atoms with E-state index in [-0.39, 0.29) is 17.1 Å². The summed E-state index contributed by atoms with van der Waals surface area (Å²) in [7, 11) is 0. The van der Waals surface area contributed by atoms with Crippen molar-refractivity contribution in [2.45, 2.75) is 0 Å². The van der Waals surface area contributed by atoms with E-state index in [1.54, 1.807) is 54.6 Å². The van der Waals surface area contributed by atoms with Crippen molar-refractivity contribution >= 4 is 28.2 Å². The molecule has 0 bridgehead atoms. The van der Waals surface area contributed by atoms with Gasteiger partial charge in [0.05, 0.1) is 15.8 Å². The van der Waals surface area contributed by atoms with E-state index in [0.29, 0.717) is 22.2 Å². The third-order valence-corrected chi connectivity index (χ3v) is 4.25. The number of aromatic nitrogens is 1. The number of carbonyl (C=O) groups excluding carboxylic acids is 1. The van der Waals surface area contributed by atoms with Crippen LogP contribution in [0.1, 0.15) is 10.4 Å². The molecular weight excluding hydrogens is 374 g/mol. The number of benzene rings is 3. The summed E-state index contributed by atoms with van der Waals surface area (Å²) < 4.78 is 5.30. The van der Waals surface area contributed by atoms with Crippen molar-refractivity contribution in [1.29, 1.82) is 0 Å². The van der Waals surface area contributed by atoms with Gasteiger partial charge in [0, 0.05) is 17.3 Å². The molecule has 0 aliphatic carbocycles. The Morgan fingerprint density at radius 3 is 2.59 bits per heavy atom. The van der Waals surface area contributed by atoms with Crippen molar-refractivity contribution in [1.82, 2.24) is 4.98 Å². The molecule has 1 heterocycles. The van der Waals surface area contributed by atoms with Crippen molar-refractivity contribution in [2.24, 2.45) is 0 Å². The van der Waals surface area contributed by atoms with Crippen LogP contribution in [0.15, 0.2) is 82.0 Å². The van der Waals surface area contributed by atoms with E-state index in [0.717, 1.165) is 0 Å². The highest BCUT2D eigenvalue weighted by atomic mass is 16.6. The Balaban J connectivity index is 1.68. The number of carbonyl (C=O) groups is 1. The first-order valence-electron chi connectivity index (χ1n) is 8.58. The molecule has 0 saturated carbocycles. The molecule has 0 aliphatic rings. The Morgan fingerprint density at radius 1 is 1.00 bits per heavy atom. The van der Waals surface area contributed by atoms with Gasteiger partial charge in [0.2, 0.25) is 5.89 Å². The van der Waals surface area contributed by atoms with Gasteiger partial charge in [-0.1, -0.05) is 30.3 Å². The molecule has 0 unspecified atom stereocenters. The number of anilines is 1. The van der Waals surface area contributed by atoms with Crippen LogP contribution in [0.5, 0.6) is 0 Å². The maximum absolute atomic E-state index is 12.5. The molecule has 8 heteroatoms. The summed E-state index contributed by atoms with van der Waals surface area (Å²) in [5.74, 6) is -0.516. The fraction of sp³-hybridized carbons (Fsp3) is 0. The molecule has 4 rings (SSSR count). The number of nitrogens with one attached hydrogen (secondary N) is 1. The quantitative estimate of drug-likeness (QED) is 0.418. The van der Waals surface area contributed by atoms with Crippen LogP contribution in [0, 0.1) is 10.1 Å². The molecule has 3 aromatic carbocycles. The van der Waals surface area contributed by atoms with E-state index in [9.17, 15) is 19.7 Å². The standard InChI is InChI=1S/C21H13N3O5/c25-19(16-9-2-4-11-18(16)24(27)28)22-14-7-5-6-13(12-14)20-23-17-10-3-1-8-15(17)21(26)29-20/h1-12H,(H,22,25). The van der Waals surface area contributed by atoms with Crippen molar-refractivity contribution in [3.8, 4) is 11.5 Å². The van der Waals surface area contributed by atoms with Gasteiger partial charge < -0.3 is 9.73 Å². The summed E-state index contributed by atoms with van der Waals surface area (Å²) >= 11 is 0. The van der Waals surface area contributed by atoms with Crippen LogP contribution in [0.4, 0.5) is 11.4 Å². The van der Waals surface area contributed by atoms with Gasteiger partial charge in [-0.2, -0.15) is 0 Å². The molecule has 0 radical (unpaired) electrons. The molecule has 1 aromatic heterocycles.